The zero-order chi connectivity index (χ0) is 9.97. The molecule has 0 bridgehead atoms. The summed E-state index contributed by atoms with van der Waals surface area (Å²) in [7, 11) is 0. The molecule has 1 N–H and O–H groups in total. The summed E-state index contributed by atoms with van der Waals surface area (Å²) in [6.45, 7) is 1.95. The zero-order valence-corrected chi connectivity index (χ0v) is 8.69. The van der Waals surface area contributed by atoms with Crippen molar-refractivity contribution in [1.29, 1.82) is 5.26 Å². The number of hydrogen-bond acceptors (Lipinski definition) is 3. The Balaban J connectivity index is 2.40. The number of allylic oxidation sites excluding steroid dienone is 1. The van der Waals surface area contributed by atoms with Crippen molar-refractivity contribution in [2.45, 2.75) is 11.8 Å². The van der Waals surface area contributed by atoms with Gasteiger partial charge < -0.3 is 5.32 Å². The third-order valence-corrected chi connectivity index (χ3v) is 3.27. The van der Waals surface area contributed by atoms with Crippen LogP contribution >= 0.6 is 11.8 Å². The quantitative estimate of drug-likeness (QED) is 0.702. The summed E-state index contributed by atoms with van der Waals surface area (Å²) in [5.74, 6) is 0.756. The van der Waals surface area contributed by atoms with E-state index < -0.39 is 0 Å². The maximum Gasteiger partial charge on any atom is 0.0974 e. The zero-order valence-electron chi connectivity index (χ0n) is 7.87. The average molecular weight is 202 g/mol. The molecule has 0 amide bonds. The maximum atomic E-state index is 8.90. The molecular weight excluding hydrogens is 192 g/mol. The summed E-state index contributed by atoms with van der Waals surface area (Å²) in [5, 5.41) is 12.2. The number of nitrogens with zero attached hydrogens (tertiary/aromatic N) is 1. The summed E-state index contributed by atoms with van der Waals surface area (Å²) in [5.41, 5.74) is 2.89. The monoisotopic (exact) mass is 202 g/mol. The van der Waals surface area contributed by atoms with E-state index in [0.717, 1.165) is 22.7 Å². The van der Waals surface area contributed by atoms with E-state index in [1.807, 2.05) is 25.1 Å². The SMILES string of the molecule is CC1=C(C#N)CSc2ccccc2N1. The fourth-order valence-electron chi connectivity index (χ4n) is 1.35. The lowest BCUT2D eigenvalue weighted by molar-refractivity contribution is 1.29. The lowest BCUT2D eigenvalue weighted by Crippen LogP contribution is -1.98. The van der Waals surface area contributed by atoms with Gasteiger partial charge in [0.05, 0.1) is 17.3 Å². The largest absolute Gasteiger partial charge is 0.357 e. The number of thioether (sulfide) groups is 1. The first kappa shape index (κ1) is 9.17. The summed E-state index contributed by atoms with van der Waals surface area (Å²) < 4.78 is 0. The number of rotatable bonds is 0. The molecule has 14 heavy (non-hydrogen) atoms. The van der Waals surface area contributed by atoms with Crippen LogP contribution in [0.1, 0.15) is 6.92 Å². The van der Waals surface area contributed by atoms with Crippen LogP contribution in [0.15, 0.2) is 40.4 Å². The standard InChI is InChI=1S/C11H10N2S/c1-8-9(6-12)7-14-11-5-3-2-4-10(11)13-8/h2-5,13H,7H2,1H3. The molecule has 0 atom stereocenters. The van der Waals surface area contributed by atoms with Crippen LogP contribution < -0.4 is 5.32 Å². The van der Waals surface area contributed by atoms with Crippen LogP contribution in [0.4, 0.5) is 5.69 Å². The summed E-state index contributed by atoms with van der Waals surface area (Å²) in [4.78, 5) is 1.21. The van der Waals surface area contributed by atoms with Crippen LogP contribution in [0.3, 0.4) is 0 Å². The Morgan fingerprint density at radius 2 is 2.21 bits per heavy atom. The van der Waals surface area contributed by atoms with Crippen LogP contribution in [-0.2, 0) is 0 Å². The number of anilines is 1. The van der Waals surface area contributed by atoms with Gasteiger partial charge in [0.1, 0.15) is 0 Å². The number of nitriles is 1. The van der Waals surface area contributed by atoms with Crippen molar-refractivity contribution >= 4 is 17.4 Å². The van der Waals surface area contributed by atoms with E-state index in [1.54, 1.807) is 11.8 Å². The predicted molar refractivity (Wildman–Crippen MR) is 59.1 cm³/mol. The predicted octanol–water partition coefficient (Wildman–Crippen LogP) is 3.00. The van der Waals surface area contributed by atoms with Gasteiger partial charge >= 0.3 is 0 Å². The first-order valence-electron chi connectivity index (χ1n) is 4.40. The number of nitrogens with one attached hydrogen (secondary N) is 1. The van der Waals surface area contributed by atoms with Gasteiger partial charge in [-0.25, -0.2) is 0 Å². The molecule has 0 unspecified atom stereocenters. The van der Waals surface area contributed by atoms with Gasteiger partial charge in [0.25, 0.3) is 0 Å². The second-order valence-electron chi connectivity index (χ2n) is 3.13. The van der Waals surface area contributed by atoms with E-state index >= 15 is 0 Å². The van der Waals surface area contributed by atoms with Gasteiger partial charge in [-0.3, -0.25) is 0 Å². The lowest BCUT2D eigenvalue weighted by atomic mass is 10.2. The molecule has 0 spiro atoms. The van der Waals surface area contributed by atoms with Gasteiger partial charge in [-0.05, 0) is 19.1 Å². The highest BCUT2D eigenvalue weighted by molar-refractivity contribution is 7.99. The number of hydrogen-bond donors (Lipinski definition) is 1. The Hall–Kier alpha value is -1.40. The van der Waals surface area contributed by atoms with Crippen molar-refractivity contribution in [2.75, 3.05) is 11.1 Å². The van der Waals surface area contributed by atoms with E-state index in [4.69, 9.17) is 5.26 Å². The molecule has 0 saturated carbocycles. The lowest BCUT2D eigenvalue weighted by Gasteiger charge is -2.06. The minimum Gasteiger partial charge on any atom is -0.357 e. The fourth-order valence-corrected chi connectivity index (χ4v) is 2.38. The number of para-hydroxylation sites is 1. The van der Waals surface area contributed by atoms with E-state index in [9.17, 15) is 0 Å². The second-order valence-corrected chi connectivity index (χ2v) is 4.14. The van der Waals surface area contributed by atoms with Crippen LogP contribution in [0.25, 0.3) is 0 Å². The Labute approximate surface area is 87.6 Å². The molecular formula is C11H10N2S. The van der Waals surface area contributed by atoms with Gasteiger partial charge in [0, 0.05) is 16.3 Å². The molecule has 1 heterocycles. The minimum atomic E-state index is 0.756. The molecule has 0 saturated heterocycles. The third kappa shape index (κ3) is 1.61. The second kappa shape index (κ2) is 3.77. The summed E-state index contributed by atoms with van der Waals surface area (Å²) >= 11 is 1.70. The van der Waals surface area contributed by atoms with Crippen molar-refractivity contribution in [3.05, 3.63) is 35.5 Å². The highest BCUT2D eigenvalue weighted by atomic mass is 32.2. The first-order valence-corrected chi connectivity index (χ1v) is 5.38. The Bertz CT molecular complexity index is 429. The minimum absolute atomic E-state index is 0.756. The Morgan fingerprint density at radius 1 is 1.43 bits per heavy atom. The Morgan fingerprint density at radius 3 is 3.00 bits per heavy atom. The molecule has 3 heteroatoms. The highest BCUT2D eigenvalue weighted by Crippen LogP contribution is 2.32. The van der Waals surface area contributed by atoms with Crippen molar-refractivity contribution < 1.29 is 0 Å². The van der Waals surface area contributed by atoms with Crippen molar-refractivity contribution in [3.63, 3.8) is 0 Å². The van der Waals surface area contributed by atoms with Crippen molar-refractivity contribution in [2.24, 2.45) is 0 Å². The molecule has 0 aliphatic carbocycles. The van der Waals surface area contributed by atoms with Crippen molar-refractivity contribution in [1.82, 2.24) is 0 Å². The maximum absolute atomic E-state index is 8.90. The average Bonchev–Trinajstić information content (AvgIpc) is 2.36. The normalized spacial score (nSPS) is 15.1. The number of benzene rings is 1. The molecule has 0 aromatic heterocycles. The topological polar surface area (TPSA) is 35.8 Å². The van der Waals surface area contributed by atoms with E-state index in [0.29, 0.717) is 0 Å². The number of fused-ring (bicyclic) bond motifs is 1. The van der Waals surface area contributed by atoms with Gasteiger partial charge in [-0.15, -0.1) is 11.8 Å². The van der Waals surface area contributed by atoms with Crippen LogP contribution in [0.5, 0.6) is 0 Å². The smallest absolute Gasteiger partial charge is 0.0974 e. The van der Waals surface area contributed by atoms with E-state index in [2.05, 4.69) is 17.5 Å². The van der Waals surface area contributed by atoms with E-state index in [-0.39, 0.29) is 0 Å². The molecule has 0 radical (unpaired) electrons. The molecule has 1 aromatic carbocycles. The summed E-state index contributed by atoms with van der Waals surface area (Å²) in [6, 6.07) is 10.3. The van der Waals surface area contributed by atoms with Gasteiger partial charge in [-0.2, -0.15) is 5.26 Å². The van der Waals surface area contributed by atoms with Gasteiger partial charge in [0.15, 0.2) is 0 Å². The highest BCUT2D eigenvalue weighted by Gasteiger charge is 2.11. The summed E-state index contributed by atoms with van der Waals surface area (Å²) in [6.07, 6.45) is 0. The molecule has 0 fully saturated rings. The van der Waals surface area contributed by atoms with E-state index in [1.165, 1.54) is 4.90 Å². The molecule has 1 aliphatic rings. The van der Waals surface area contributed by atoms with Crippen LogP contribution in [-0.4, -0.2) is 5.75 Å². The third-order valence-electron chi connectivity index (χ3n) is 2.17. The van der Waals surface area contributed by atoms with Crippen molar-refractivity contribution in [3.8, 4) is 6.07 Å². The molecule has 1 aliphatic heterocycles. The van der Waals surface area contributed by atoms with Gasteiger partial charge in [0.2, 0.25) is 0 Å². The Kier molecular flexibility index (Phi) is 2.47. The molecule has 70 valence electrons. The molecule has 1 aromatic rings. The van der Waals surface area contributed by atoms with Crippen LogP contribution in [0.2, 0.25) is 0 Å². The molecule has 2 rings (SSSR count). The first-order chi connectivity index (χ1) is 6.81. The molecule has 2 nitrogen and oxygen atoms in total. The van der Waals surface area contributed by atoms with Gasteiger partial charge in [-0.1, -0.05) is 12.1 Å². The van der Waals surface area contributed by atoms with Crippen LogP contribution in [0, 0.1) is 11.3 Å². The fraction of sp³-hybridized carbons (Fsp3) is 0.182.